The smallest absolute Gasteiger partial charge is 0.255 e. The highest BCUT2D eigenvalue weighted by atomic mass is 16.5. The molecule has 0 radical (unpaired) electrons. The number of nitrogens with one attached hydrogen (secondary N) is 2. The van der Waals surface area contributed by atoms with Gasteiger partial charge in [-0.25, -0.2) is 0 Å². The number of hydrogen-bond donors (Lipinski definition) is 2. The van der Waals surface area contributed by atoms with Gasteiger partial charge in [0.25, 0.3) is 5.91 Å². The number of fused-ring (bicyclic) bond motifs is 3. The van der Waals surface area contributed by atoms with Gasteiger partial charge in [0.05, 0.1) is 36.3 Å². The molecule has 1 aromatic carbocycles. The van der Waals surface area contributed by atoms with E-state index in [4.69, 9.17) is 4.74 Å². The van der Waals surface area contributed by atoms with Crippen LogP contribution in [0.3, 0.4) is 0 Å². The second-order valence-corrected chi connectivity index (χ2v) is 10.4. The number of nitrogens with zero attached hydrogens (tertiary/aromatic N) is 5. The Morgan fingerprint density at radius 2 is 1.43 bits per heavy atom. The van der Waals surface area contributed by atoms with Crippen LogP contribution in [0.25, 0.3) is 0 Å². The third-order valence-corrected chi connectivity index (χ3v) is 7.17. The first kappa shape index (κ1) is 30.1. The van der Waals surface area contributed by atoms with E-state index >= 15 is 0 Å². The minimum absolute atomic E-state index is 0.0358. The van der Waals surface area contributed by atoms with E-state index in [1.54, 1.807) is 46.9 Å². The lowest BCUT2D eigenvalue weighted by Gasteiger charge is -2.28. The fourth-order valence-electron chi connectivity index (χ4n) is 4.84. The van der Waals surface area contributed by atoms with Crippen molar-refractivity contribution in [1.29, 1.82) is 0 Å². The summed E-state index contributed by atoms with van der Waals surface area (Å²) in [6, 6.07) is 16.6. The average molecular weight is 594 g/mol. The zero-order valence-corrected chi connectivity index (χ0v) is 24.4. The Labute approximate surface area is 256 Å². The molecular formula is C33H35N7O4. The lowest BCUT2D eigenvalue weighted by Crippen LogP contribution is -2.41. The van der Waals surface area contributed by atoms with E-state index in [0.717, 1.165) is 24.0 Å². The molecule has 44 heavy (non-hydrogen) atoms. The number of para-hydroxylation sites is 2. The molecule has 0 saturated carbocycles. The second kappa shape index (κ2) is 15.2. The first-order valence-electron chi connectivity index (χ1n) is 14.6. The molecule has 0 fully saturated rings. The van der Waals surface area contributed by atoms with Crippen molar-refractivity contribution >= 4 is 29.1 Å². The van der Waals surface area contributed by atoms with E-state index in [1.165, 1.54) is 6.20 Å². The Morgan fingerprint density at radius 3 is 2.14 bits per heavy atom. The van der Waals surface area contributed by atoms with Crippen LogP contribution in [0.15, 0.2) is 91.8 Å². The number of pyridine rings is 3. The van der Waals surface area contributed by atoms with Crippen molar-refractivity contribution in [3.8, 4) is 5.75 Å². The summed E-state index contributed by atoms with van der Waals surface area (Å²) >= 11 is 0. The van der Waals surface area contributed by atoms with E-state index in [1.807, 2.05) is 48.5 Å². The van der Waals surface area contributed by atoms with Crippen LogP contribution in [0.2, 0.25) is 0 Å². The Kier molecular flexibility index (Phi) is 10.4. The van der Waals surface area contributed by atoms with E-state index in [-0.39, 0.29) is 30.8 Å². The van der Waals surface area contributed by atoms with Gasteiger partial charge in [-0.3, -0.25) is 29.3 Å². The maximum absolute atomic E-state index is 13.8. The molecule has 2 bridgehead atoms. The van der Waals surface area contributed by atoms with E-state index in [2.05, 4.69) is 25.6 Å². The summed E-state index contributed by atoms with van der Waals surface area (Å²) in [6.07, 6.45) is 12.1. The van der Waals surface area contributed by atoms with Crippen LogP contribution in [0.4, 0.5) is 11.4 Å². The molecule has 2 N–H and O–H groups in total. The van der Waals surface area contributed by atoms with Gasteiger partial charge in [-0.1, -0.05) is 12.1 Å². The van der Waals surface area contributed by atoms with Gasteiger partial charge in [0.2, 0.25) is 11.8 Å². The van der Waals surface area contributed by atoms with Crippen LogP contribution in [-0.4, -0.2) is 63.8 Å². The highest BCUT2D eigenvalue weighted by Crippen LogP contribution is 2.34. The molecule has 3 aromatic heterocycles. The quantitative estimate of drug-likeness (QED) is 0.317. The van der Waals surface area contributed by atoms with Crippen molar-refractivity contribution in [3.63, 3.8) is 0 Å². The number of hydrogen-bond acceptors (Lipinski definition) is 8. The van der Waals surface area contributed by atoms with Crippen molar-refractivity contribution in [2.75, 3.05) is 31.1 Å². The first-order valence-corrected chi connectivity index (χ1v) is 14.6. The van der Waals surface area contributed by atoms with Gasteiger partial charge >= 0.3 is 0 Å². The van der Waals surface area contributed by atoms with Gasteiger partial charge in [0.15, 0.2) is 0 Å². The molecule has 4 heterocycles. The molecule has 0 aliphatic carbocycles. The number of benzene rings is 1. The van der Waals surface area contributed by atoms with Gasteiger partial charge in [0.1, 0.15) is 12.3 Å². The van der Waals surface area contributed by atoms with Gasteiger partial charge in [0, 0.05) is 50.6 Å². The average Bonchev–Trinajstić information content (AvgIpc) is 3.07. The Hall–Kier alpha value is -5.32. The fourth-order valence-corrected chi connectivity index (χ4v) is 4.84. The highest BCUT2D eigenvalue weighted by Gasteiger charge is 2.23. The number of ether oxygens (including phenoxy) is 1. The molecule has 5 rings (SSSR count). The SMILES string of the molecule is O=C(CN1CCCCCOc2ccccc2N(CC(=O)NCc2ccncc2)c2cncc(c2)C1=O)NCc1ccncc1. The monoisotopic (exact) mass is 593 g/mol. The molecule has 0 unspecified atom stereocenters. The summed E-state index contributed by atoms with van der Waals surface area (Å²) in [5, 5.41) is 5.85. The molecule has 11 nitrogen and oxygen atoms in total. The lowest BCUT2D eigenvalue weighted by molar-refractivity contribution is -0.122. The molecule has 226 valence electrons. The zero-order chi connectivity index (χ0) is 30.6. The number of aromatic nitrogens is 3. The summed E-state index contributed by atoms with van der Waals surface area (Å²) < 4.78 is 6.18. The molecule has 11 heteroatoms. The van der Waals surface area contributed by atoms with Gasteiger partial charge < -0.3 is 25.2 Å². The fraction of sp³-hybridized carbons (Fsp3) is 0.273. The number of carbonyl (C=O) groups excluding carboxylic acids is 3. The number of rotatable bonds is 8. The first-order chi connectivity index (χ1) is 21.6. The van der Waals surface area contributed by atoms with Gasteiger partial charge in [-0.05, 0) is 72.9 Å². The van der Waals surface area contributed by atoms with E-state index in [0.29, 0.717) is 55.3 Å². The molecule has 4 aromatic rings. The Balaban J connectivity index is 1.38. The summed E-state index contributed by atoms with van der Waals surface area (Å²) in [7, 11) is 0. The van der Waals surface area contributed by atoms with Gasteiger partial charge in [-0.15, -0.1) is 0 Å². The lowest BCUT2D eigenvalue weighted by atomic mass is 10.1. The largest absolute Gasteiger partial charge is 0.491 e. The van der Waals surface area contributed by atoms with Crippen molar-refractivity contribution in [2.24, 2.45) is 0 Å². The van der Waals surface area contributed by atoms with Crippen molar-refractivity contribution in [2.45, 2.75) is 32.4 Å². The summed E-state index contributed by atoms with van der Waals surface area (Å²) in [4.78, 5) is 55.6. The minimum Gasteiger partial charge on any atom is -0.491 e. The maximum Gasteiger partial charge on any atom is 0.255 e. The number of carbonyl (C=O) groups is 3. The molecule has 3 amide bonds. The van der Waals surface area contributed by atoms with Crippen molar-refractivity contribution in [1.82, 2.24) is 30.5 Å². The van der Waals surface area contributed by atoms with Crippen LogP contribution in [0.5, 0.6) is 5.75 Å². The third-order valence-electron chi connectivity index (χ3n) is 7.17. The van der Waals surface area contributed by atoms with Crippen LogP contribution in [0, 0.1) is 0 Å². The van der Waals surface area contributed by atoms with Crippen LogP contribution in [0.1, 0.15) is 40.7 Å². The maximum atomic E-state index is 13.8. The second-order valence-electron chi connectivity index (χ2n) is 10.4. The zero-order valence-electron chi connectivity index (χ0n) is 24.4. The predicted octanol–water partition coefficient (Wildman–Crippen LogP) is 3.65. The summed E-state index contributed by atoms with van der Waals surface area (Å²) in [6.45, 7) is 1.44. The van der Waals surface area contributed by atoms with Crippen molar-refractivity contribution in [3.05, 3.63) is 108 Å². The van der Waals surface area contributed by atoms with E-state index in [9.17, 15) is 14.4 Å². The van der Waals surface area contributed by atoms with Gasteiger partial charge in [-0.2, -0.15) is 0 Å². The summed E-state index contributed by atoms with van der Waals surface area (Å²) in [5.74, 6) is -0.148. The van der Waals surface area contributed by atoms with Crippen molar-refractivity contribution < 1.29 is 19.1 Å². The predicted molar refractivity (Wildman–Crippen MR) is 165 cm³/mol. The summed E-state index contributed by atoms with van der Waals surface area (Å²) in [5.41, 5.74) is 3.40. The molecular weight excluding hydrogens is 558 g/mol. The molecule has 0 atom stereocenters. The van der Waals surface area contributed by atoms with Crippen LogP contribution in [-0.2, 0) is 22.7 Å². The topological polar surface area (TPSA) is 130 Å². The Morgan fingerprint density at radius 1 is 0.773 bits per heavy atom. The molecule has 0 spiro atoms. The molecule has 1 aliphatic rings. The number of anilines is 2. The standard InChI is InChI=1S/C33H35N7O4/c41-31(37-19-25-8-12-34-13-9-25)23-39-16-4-1-5-17-44-30-7-3-2-6-29(30)40(28-18-27(33(39)43)21-36-22-28)24-32(42)38-20-26-10-14-35-15-11-26/h2-3,6-15,18,21-22H,1,4-5,16-17,19-20,23-24H2,(H,37,41)(H,38,42). The third kappa shape index (κ3) is 8.37. The van der Waals surface area contributed by atoms with Crippen LogP contribution >= 0.6 is 0 Å². The Bertz CT molecular complexity index is 1550. The molecule has 0 saturated heterocycles. The number of amides is 3. The molecule has 1 aliphatic heterocycles. The van der Waals surface area contributed by atoms with Crippen LogP contribution < -0.4 is 20.3 Å². The normalized spacial score (nSPS) is 13.7. The minimum atomic E-state index is -0.304. The highest BCUT2D eigenvalue weighted by molar-refractivity contribution is 5.97. The van der Waals surface area contributed by atoms with E-state index < -0.39 is 0 Å².